The highest BCUT2D eigenvalue weighted by atomic mass is 35.5. The van der Waals surface area contributed by atoms with Crippen LogP contribution in [0.15, 0.2) is 65.6 Å². The van der Waals surface area contributed by atoms with Crippen LogP contribution < -0.4 is 10.6 Å². The number of nitrogens with zero attached hydrogens (tertiary/aromatic N) is 1. The predicted octanol–water partition coefficient (Wildman–Crippen LogP) is 5.03. The first-order valence-electron chi connectivity index (χ1n) is 11.2. The molecule has 0 saturated carbocycles. The largest absolute Gasteiger partial charge is 0.322 e. The minimum atomic E-state index is -3.49. The lowest BCUT2D eigenvalue weighted by Gasteiger charge is -2.24. The van der Waals surface area contributed by atoms with Crippen LogP contribution in [0.3, 0.4) is 0 Å². The van der Waals surface area contributed by atoms with Gasteiger partial charge in [0.1, 0.15) is 18.0 Å². The van der Waals surface area contributed by atoms with Crippen molar-refractivity contribution in [3.05, 3.63) is 82.0 Å². The number of hydrogen-bond acceptors (Lipinski definition) is 4. The van der Waals surface area contributed by atoms with E-state index in [9.17, 15) is 26.8 Å². The molecule has 0 radical (unpaired) electrons. The van der Waals surface area contributed by atoms with E-state index in [0.29, 0.717) is 22.7 Å². The van der Waals surface area contributed by atoms with E-state index in [-0.39, 0.29) is 23.6 Å². The van der Waals surface area contributed by atoms with Crippen molar-refractivity contribution in [1.82, 2.24) is 4.90 Å². The number of rotatable bonds is 5. The molecule has 0 aromatic heterocycles. The second-order valence-corrected chi connectivity index (χ2v) is 11.2. The van der Waals surface area contributed by atoms with Crippen molar-refractivity contribution < 1.29 is 26.8 Å². The van der Waals surface area contributed by atoms with Crippen LogP contribution in [-0.2, 0) is 14.6 Å². The molecule has 0 spiro atoms. The van der Waals surface area contributed by atoms with Crippen molar-refractivity contribution in [3.8, 4) is 0 Å². The second-order valence-electron chi connectivity index (χ2n) is 8.72. The van der Waals surface area contributed by atoms with Crippen molar-refractivity contribution in [2.75, 3.05) is 23.4 Å². The molecule has 4 rings (SSSR count). The molecule has 3 amide bonds. The molecule has 36 heavy (non-hydrogen) atoms. The van der Waals surface area contributed by atoms with Gasteiger partial charge in [0.2, 0.25) is 5.91 Å². The number of benzene rings is 2. The number of likely N-dealkylation sites (tertiary alicyclic amines) is 1. The number of amides is 3. The Morgan fingerprint density at radius 2 is 1.83 bits per heavy atom. The van der Waals surface area contributed by atoms with Gasteiger partial charge in [-0.05, 0) is 54.5 Å². The Hall–Kier alpha value is -3.24. The second kappa shape index (κ2) is 10.4. The summed E-state index contributed by atoms with van der Waals surface area (Å²) < 4.78 is 53.4. The maximum atomic E-state index is 14.9. The third kappa shape index (κ3) is 5.76. The van der Waals surface area contributed by atoms with Crippen molar-refractivity contribution >= 4 is 44.8 Å². The lowest BCUT2D eigenvalue weighted by atomic mass is 9.92. The van der Waals surface area contributed by atoms with Gasteiger partial charge in [0.15, 0.2) is 9.84 Å². The monoisotopic (exact) mass is 535 g/mol. The normalized spacial score (nSPS) is 21.7. The number of anilines is 2. The molecule has 0 bridgehead atoms. The predicted molar refractivity (Wildman–Crippen MR) is 135 cm³/mol. The lowest BCUT2D eigenvalue weighted by Crippen LogP contribution is -2.45. The maximum absolute atomic E-state index is 14.9. The van der Waals surface area contributed by atoms with E-state index in [1.54, 1.807) is 42.5 Å². The maximum Gasteiger partial charge on any atom is 0.322 e. The summed E-state index contributed by atoms with van der Waals surface area (Å²) in [6.07, 6.45) is 4.79. The summed E-state index contributed by atoms with van der Waals surface area (Å²) in [5, 5.41) is 5.51. The number of halogens is 3. The summed E-state index contributed by atoms with van der Waals surface area (Å²) in [4.78, 5) is 26.9. The highest BCUT2D eigenvalue weighted by molar-refractivity contribution is 7.94. The van der Waals surface area contributed by atoms with Gasteiger partial charge in [0, 0.05) is 29.3 Å². The van der Waals surface area contributed by atoms with Crippen molar-refractivity contribution in [2.45, 2.75) is 31.0 Å². The third-order valence-electron chi connectivity index (χ3n) is 6.10. The molecule has 1 fully saturated rings. The fourth-order valence-electron chi connectivity index (χ4n) is 4.34. The third-order valence-corrected chi connectivity index (χ3v) is 7.63. The van der Waals surface area contributed by atoms with Crippen LogP contribution in [0.2, 0.25) is 5.02 Å². The van der Waals surface area contributed by atoms with Gasteiger partial charge < -0.3 is 15.5 Å². The molecule has 190 valence electrons. The van der Waals surface area contributed by atoms with Gasteiger partial charge in [-0.2, -0.15) is 0 Å². The van der Waals surface area contributed by atoms with Crippen molar-refractivity contribution in [2.24, 2.45) is 0 Å². The minimum Gasteiger partial charge on any atom is -0.322 e. The number of nitrogens with one attached hydrogen (secondary N) is 2. The first-order chi connectivity index (χ1) is 17.0. The molecule has 1 aliphatic carbocycles. The molecular weight excluding hydrogens is 512 g/mol. The van der Waals surface area contributed by atoms with E-state index in [1.807, 2.05) is 0 Å². The van der Waals surface area contributed by atoms with Crippen LogP contribution in [0.5, 0.6) is 0 Å². The van der Waals surface area contributed by atoms with Crippen LogP contribution in [0.25, 0.3) is 0 Å². The standard InChI is InChI=1S/C25H24ClF2N3O4S/c1-36(34,35)23-5-3-2-4-19(23)15-6-11-21(20(28)12-15)30-24(32)22-13-17(27)14-31(22)25(33)29-18-9-7-16(26)8-10-18/h2-3,5-12,17,19,22H,4,13-14H2,1H3,(H,29,33)(H,30,32)/t17-,19?,22+/m0/s1. The molecule has 11 heteroatoms. The Morgan fingerprint density at radius 1 is 1.11 bits per heavy atom. The highest BCUT2D eigenvalue weighted by Gasteiger charge is 2.40. The number of carbonyl (C=O) groups excluding carboxylic acids is 2. The zero-order valence-corrected chi connectivity index (χ0v) is 20.8. The van der Waals surface area contributed by atoms with Gasteiger partial charge in [0.05, 0.1) is 17.1 Å². The van der Waals surface area contributed by atoms with Crippen LogP contribution in [0.4, 0.5) is 25.0 Å². The molecule has 3 atom stereocenters. The number of sulfone groups is 1. The fraction of sp³-hybridized carbons (Fsp3) is 0.280. The summed E-state index contributed by atoms with van der Waals surface area (Å²) in [7, 11) is -3.49. The Labute approximate surface area is 212 Å². The first-order valence-corrected chi connectivity index (χ1v) is 13.4. The van der Waals surface area contributed by atoms with Crippen LogP contribution in [-0.4, -0.2) is 50.3 Å². The summed E-state index contributed by atoms with van der Waals surface area (Å²) >= 11 is 5.84. The zero-order chi connectivity index (χ0) is 26.0. The van der Waals surface area contributed by atoms with Crippen molar-refractivity contribution in [3.63, 3.8) is 0 Å². The summed E-state index contributed by atoms with van der Waals surface area (Å²) in [6.45, 7) is -0.283. The zero-order valence-electron chi connectivity index (χ0n) is 19.2. The number of hydrogen-bond donors (Lipinski definition) is 2. The minimum absolute atomic E-state index is 0.152. The average molecular weight is 536 g/mol. The van der Waals surface area contributed by atoms with Gasteiger partial charge in [-0.25, -0.2) is 22.0 Å². The lowest BCUT2D eigenvalue weighted by molar-refractivity contribution is -0.119. The van der Waals surface area contributed by atoms with Gasteiger partial charge in [0.25, 0.3) is 0 Å². The van der Waals surface area contributed by atoms with Crippen molar-refractivity contribution in [1.29, 1.82) is 0 Å². The van der Waals surface area contributed by atoms with Gasteiger partial charge in [-0.1, -0.05) is 29.8 Å². The smallest absolute Gasteiger partial charge is 0.322 e. The van der Waals surface area contributed by atoms with Gasteiger partial charge >= 0.3 is 6.03 Å². The molecule has 2 aromatic rings. The number of alkyl halides is 1. The van der Waals surface area contributed by atoms with E-state index in [2.05, 4.69) is 10.6 Å². The molecule has 1 heterocycles. The number of allylic oxidation sites excluding steroid dienone is 4. The van der Waals surface area contributed by atoms with Crippen LogP contribution in [0.1, 0.15) is 24.3 Å². The Morgan fingerprint density at radius 3 is 2.50 bits per heavy atom. The summed E-state index contributed by atoms with van der Waals surface area (Å²) in [5.74, 6) is -2.04. The van der Waals surface area contributed by atoms with Gasteiger partial charge in [-0.15, -0.1) is 0 Å². The molecule has 2 aliphatic rings. The SMILES string of the molecule is CS(=O)(=O)C1=CC=CCC1c1ccc(NC(=O)[C@H]2C[C@H](F)CN2C(=O)Nc2ccc(Cl)cc2)c(F)c1. The topological polar surface area (TPSA) is 95.6 Å². The van der Waals surface area contributed by atoms with E-state index in [1.165, 1.54) is 18.2 Å². The molecule has 1 aliphatic heterocycles. The molecular formula is C25H24ClF2N3O4S. The first kappa shape index (κ1) is 25.8. The molecule has 2 N–H and O–H groups in total. The molecule has 2 aromatic carbocycles. The van der Waals surface area contributed by atoms with Gasteiger partial charge in [-0.3, -0.25) is 4.79 Å². The summed E-state index contributed by atoms with van der Waals surface area (Å²) in [6, 6.07) is 8.54. The average Bonchev–Trinajstić information content (AvgIpc) is 3.23. The molecule has 1 saturated heterocycles. The highest BCUT2D eigenvalue weighted by Crippen LogP contribution is 2.35. The van der Waals surface area contributed by atoms with E-state index < -0.39 is 45.7 Å². The van der Waals surface area contributed by atoms with Crippen LogP contribution >= 0.6 is 11.6 Å². The molecule has 7 nitrogen and oxygen atoms in total. The number of carbonyl (C=O) groups is 2. The van der Waals surface area contributed by atoms with Crippen LogP contribution in [0, 0.1) is 5.82 Å². The summed E-state index contributed by atoms with van der Waals surface area (Å²) in [5.41, 5.74) is 0.716. The van der Waals surface area contributed by atoms with E-state index >= 15 is 0 Å². The fourth-order valence-corrected chi connectivity index (χ4v) is 5.54. The quantitative estimate of drug-likeness (QED) is 0.561. The van der Waals surface area contributed by atoms with E-state index in [4.69, 9.17) is 11.6 Å². The number of urea groups is 1. The molecule has 1 unspecified atom stereocenters. The Kier molecular flexibility index (Phi) is 7.46. The van der Waals surface area contributed by atoms with E-state index in [0.717, 1.165) is 11.2 Å². The Balaban J connectivity index is 1.48. The Bertz CT molecular complexity index is 1350.